The quantitative estimate of drug-likeness (QED) is 0.783. The molecule has 2 aliphatic heterocycles. The highest BCUT2D eigenvalue weighted by Crippen LogP contribution is 2.32. The predicted octanol–water partition coefficient (Wildman–Crippen LogP) is 2.11. The minimum absolute atomic E-state index is 0.0817. The Morgan fingerprint density at radius 2 is 1.85 bits per heavy atom. The summed E-state index contributed by atoms with van der Waals surface area (Å²) in [6.07, 6.45) is 2.23. The number of halogens is 2. The summed E-state index contributed by atoms with van der Waals surface area (Å²) in [6.45, 7) is 4.93. The molecule has 1 spiro atoms. The number of carbonyl (C=O) groups is 1. The van der Waals surface area contributed by atoms with E-state index in [2.05, 4.69) is 16.8 Å². The standard InChI is InChI=1S/C20H29F2N3O2/c1-23-7-8-24(14-16-11-17(21)13-18(22)12-16)15-20(23)4-3-19(26)25(6-5-20)9-10-27-2/h11-13H,3-10,14-15H2,1-2H3. The zero-order chi connectivity index (χ0) is 19.4. The molecule has 1 atom stereocenters. The molecule has 0 N–H and O–H groups in total. The summed E-state index contributed by atoms with van der Waals surface area (Å²) < 4.78 is 32.1. The van der Waals surface area contributed by atoms with Crippen LogP contribution in [0.5, 0.6) is 0 Å². The lowest BCUT2D eigenvalue weighted by molar-refractivity contribution is -0.131. The van der Waals surface area contributed by atoms with Crippen LogP contribution in [0.25, 0.3) is 0 Å². The van der Waals surface area contributed by atoms with Gasteiger partial charge < -0.3 is 9.64 Å². The second-order valence-electron chi connectivity index (χ2n) is 7.76. The summed E-state index contributed by atoms with van der Waals surface area (Å²) in [5.41, 5.74) is 0.570. The van der Waals surface area contributed by atoms with Crippen molar-refractivity contribution in [2.75, 3.05) is 53.5 Å². The van der Waals surface area contributed by atoms with Gasteiger partial charge in [0.1, 0.15) is 11.6 Å². The Morgan fingerprint density at radius 3 is 2.56 bits per heavy atom. The van der Waals surface area contributed by atoms with E-state index in [0.29, 0.717) is 31.7 Å². The molecular formula is C20H29F2N3O2. The molecule has 0 aromatic heterocycles. The van der Waals surface area contributed by atoms with Crippen molar-refractivity contribution in [2.45, 2.75) is 31.3 Å². The van der Waals surface area contributed by atoms with E-state index < -0.39 is 11.6 Å². The maximum absolute atomic E-state index is 13.5. The lowest BCUT2D eigenvalue weighted by Gasteiger charge is -2.49. The number of likely N-dealkylation sites (N-methyl/N-ethyl adjacent to an activating group) is 1. The highest BCUT2D eigenvalue weighted by Gasteiger charge is 2.42. The number of ether oxygens (including phenoxy) is 1. The van der Waals surface area contributed by atoms with E-state index >= 15 is 0 Å². The highest BCUT2D eigenvalue weighted by molar-refractivity contribution is 5.76. The van der Waals surface area contributed by atoms with Crippen LogP contribution in [0, 0.1) is 11.6 Å². The number of nitrogens with zero attached hydrogens (tertiary/aromatic N) is 3. The average molecular weight is 381 g/mol. The van der Waals surface area contributed by atoms with Gasteiger partial charge in [-0.3, -0.25) is 14.6 Å². The van der Waals surface area contributed by atoms with Crippen LogP contribution in [0.15, 0.2) is 18.2 Å². The van der Waals surface area contributed by atoms with Gasteiger partial charge in [0, 0.05) is 64.4 Å². The van der Waals surface area contributed by atoms with Gasteiger partial charge >= 0.3 is 0 Å². The molecule has 0 saturated carbocycles. The smallest absolute Gasteiger partial charge is 0.222 e. The Bertz CT molecular complexity index is 652. The third kappa shape index (κ3) is 4.83. The van der Waals surface area contributed by atoms with Gasteiger partial charge in [-0.1, -0.05) is 0 Å². The van der Waals surface area contributed by atoms with Gasteiger partial charge in [-0.25, -0.2) is 8.78 Å². The third-order valence-electron chi connectivity index (χ3n) is 5.98. The number of hydrogen-bond acceptors (Lipinski definition) is 4. The van der Waals surface area contributed by atoms with Gasteiger partial charge in [-0.05, 0) is 37.6 Å². The van der Waals surface area contributed by atoms with E-state index in [1.165, 1.54) is 12.1 Å². The van der Waals surface area contributed by atoms with Gasteiger partial charge in [0.05, 0.1) is 6.61 Å². The number of likely N-dealkylation sites (tertiary alicyclic amines) is 1. The van der Waals surface area contributed by atoms with Crippen LogP contribution in [-0.2, 0) is 16.1 Å². The molecule has 7 heteroatoms. The van der Waals surface area contributed by atoms with E-state index in [9.17, 15) is 13.6 Å². The molecule has 1 amide bonds. The number of rotatable bonds is 5. The Hall–Kier alpha value is -1.57. The largest absolute Gasteiger partial charge is 0.383 e. The van der Waals surface area contributed by atoms with Gasteiger partial charge in [0.15, 0.2) is 0 Å². The molecule has 1 unspecified atom stereocenters. The number of carbonyl (C=O) groups excluding carboxylic acids is 1. The molecule has 0 bridgehead atoms. The van der Waals surface area contributed by atoms with E-state index in [4.69, 9.17) is 4.74 Å². The maximum Gasteiger partial charge on any atom is 0.222 e. The summed E-state index contributed by atoms with van der Waals surface area (Å²) >= 11 is 0. The monoisotopic (exact) mass is 381 g/mol. The average Bonchev–Trinajstić information content (AvgIpc) is 2.76. The van der Waals surface area contributed by atoms with Crippen LogP contribution in [0.3, 0.4) is 0 Å². The van der Waals surface area contributed by atoms with Gasteiger partial charge in [-0.15, -0.1) is 0 Å². The van der Waals surface area contributed by atoms with Crippen molar-refractivity contribution in [1.29, 1.82) is 0 Å². The second kappa shape index (κ2) is 8.63. The van der Waals surface area contributed by atoms with Crippen molar-refractivity contribution >= 4 is 5.91 Å². The Balaban J connectivity index is 1.69. The van der Waals surface area contributed by atoms with Gasteiger partial charge in [0.25, 0.3) is 0 Å². The first-order valence-electron chi connectivity index (χ1n) is 9.57. The van der Waals surface area contributed by atoms with Crippen LogP contribution in [0.1, 0.15) is 24.8 Å². The zero-order valence-electron chi connectivity index (χ0n) is 16.2. The number of amides is 1. The van der Waals surface area contributed by atoms with Gasteiger partial charge in [-0.2, -0.15) is 0 Å². The molecule has 27 heavy (non-hydrogen) atoms. The van der Waals surface area contributed by atoms with Crippen LogP contribution in [-0.4, -0.2) is 79.6 Å². The first-order valence-corrected chi connectivity index (χ1v) is 9.57. The second-order valence-corrected chi connectivity index (χ2v) is 7.76. The van der Waals surface area contributed by atoms with Crippen LogP contribution in [0.4, 0.5) is 8.78 Å². The molecule has 1 aromatic carbocycles. The minimum Gasteiger partial charge on any atom is -0.383 e. The molecule has 0 radical (unpaired) electrons. The lowest BCUT2D eigenvalue weighted by Crippen LogP contribution is -2.60. The number of piperazine rings is 1. The molecule has 2 saturated heterocycles. The molecular weight excluding hydrogens is 352 g/mol. The zero-order valence-corrected chi connectivity index (χ0v) is 16.2. The fourth-order valence-electron chi connectivity index (χ4n) is 4.31. The van der Waals surface area contributed by atoms with Crippen molar-refractivity contribution in [3.8, 4) is 0 Å². The van der Waals surface area contributed by atoms with Gasteiger partial charge in [0.2, 0.25) is 5.91 Å². The van der Waals surface area contributed by atoms with Crippen molar-refractivity contribution in [3.63, 3.8) is 0 Å². The minimum atomic E-state index is -0.539. The molecule has 3 rings (SSSR count). The predicted molar refractivity (Wildman–Crippen MR) is 99.3 cm³/mol. The van der Waals surface area contributed by atoms with E-state index in [1.807, 2.05) is 4.90 Å². The van der Waals surface area contributed by atoms with Crippen LogP contribution in [0.2, 0.25) is 0 Å². The summed E-state index contributed by atoms with van der Waals surface area (Å²) in [4.78, 5) is 19.0. The molecule has 5 nitrogen and oxygen atoms in total. The lowest BCUT2D eigenvalue weighted by atomic mass is 9.86. The SMILES string of the molecule is COCCN1CCC2(CCC1=O)CN(Cc1cc(F)cc(F)c1)CCN2C. The third-order valence-corrected chi connectivity index (χ3v) is 5.98. The van der Waals surface area contributed by atoms with Crippen LogP contribution >= 0.6 is 0 Å². The Morgan fingerprint density at radius 1 is 1.11 bits per heavy atom. The molecule has 0 aliphatic carbocycles. The van der Waals surface area contributed by atoms with Crippen molar-refractivity contribution in [2.24, 2.45) is 0 Å². The molecule has 2 heterocycles. The fourth-order valence-corrected chi connectivity index (χ4v) is 4.31. The maximum atomic E-state index is 13.5. The van der Waals surface area contributed by atoms with Crippen molar-refractivity contribution < 1.29 is 18.3 Å². The number of hydrogen-bond donors (Lipinski definition) is 0. The summed E-state index contributed by atoms with van der Waals surface area (Å²) in [5.74, 6) is -0.896. The molecule has 2 fully saturated rings. The highest BCUT2D eigenvalue weighted by atomic mass is 19.1. The Kier molecular flexibility index (Phi) is 6.44. The Labute approximate surface area is 159 Å². The topological polar surface area (TPSA) is 36.0 Å². The van der Waals surface area contributed by atoms with Crippen molar-refractivity contribution in [3.05, 3.63) is 35.4 Å². The molecule has 150 valence electrons. The first kappa shape index (κ1) is 20.2. The van der Waals surface area contributed by atoms with E-state index in [0.717, 1.165) is 45.1 Å². The number of methoxy groups -OCH3 is 1. The molecule has 2 aliphatic rings. The molecule has 1 aromatic rings. The number of benzene rings is 1. The van der Waals surface area contributed by atoms with E-state index in [1.54, 1.807) is 7.11 Å². The van der Waals surface area contributed by atoms with Crippen molar-refractivity contribution in [1.82, 2.24) is 14.7 Å². The fraction of sp³-hybridized carbons (Fsp3) is 0.650. The summed E-state index contributed by atoms with van der Waals surface area (Å²) in [6, 6.07) is 3.70. The summed E-state index contributed by atoms with van der Waals surface area (Å²) in [7, 11) is 3.76. The van der Waals surface area contributed by atoms with Crippen LogP contribution < -0.4 is 0 Å². The summed E-state index contributed by atoms with van der Waals surface area (Å²) in [5, 5.41) is 0. The first-order chi connectivity index (χ1) is 12.9. The normalized spacial score (nSPS) is 25.2. The van der Waals surface area contributed by atoms with E-state index in [-0.39, 0.29) is 11.4 Å².